The Morgan fingerprint density at radius 3 is 2.71 bits per heavy atom. The normalized spacial score (nSPS) is 13.6. The van der Waals surface area contributed by atoms with Gasteiger partial charge in [0.25, 0.3) is 0 Å². The van der Waals surface area contributed by atoms with Crippen LogP contribution in [-0.4, -0.2) is 30.1 Å². The molecule has 2 aromatic rings. The molecule has 0 atom stereocenters. The number of pyridine rings is 1. The molecule has 1 aromatic carbocycles. The van der Waals surface area contributed by atoms with Gasteiger partial charge < -0.3 is 4.74 Å². The Balaban J connectivity index is 1.69. The summed E-state index contributed by atoms with van der Waals surface area (Å²) in [5.41, 5.74) is 1.64. The van der Waals surface area contributed by atoms with Gasteiger partial charge in [-0.25, -0.2) is 14.8 Å². The summed E-state index contributed by atoms with van der Waals surface area (Å²) in [7, 11) is 0. The number of rotatable bonds is 5. The number of carbonyl (C=O) groups is 1. The summed E-state index contributed by atoms with van der Waals surface area (Å²) in [5, 5.41) is 2.16. The van der Waals surface area contributed by atoms with Crippen LogP contribution in [0.1, 0.15) is 5.56 Å². The highest BCUT2D eigenvalue weighted by Gasteiger charge is 2.23. The lowest BCUT2D eigenvalue weighted by Crippen LogP contribution is -2.33. The van der Waals surface area contributed by atoms with Crippen molar-refractivity contribution in [3.63, 3.8) is 0 Å². The van der Waals surface area contributed by atoms with E-state index in [-0.39, 0.29) is 11.8 Å². The molecule has 8 heteroatoms. The van der Waals surface area contributed by atoms with Gasteiger partial charge >= 0.3 is 6.09 Å². The summed E-state index contributed by atoms with van der Waals surface area (Å²) in [4.78, 5) is 24.8. The zero-order chi connectivity index (χ0) is 16.9. The molecule has 1 aromatic heterocycles. The number of hydrogen-bond acceptors (Lipinski definition) is 5. The van der Waals surface area contributed by atoms with Gasteiger partial charge in [-0.1, -0.05) is 41.4 Å². The van der Waals surface area contributed by atoms with Gasteiger partial charge in [-0.3, -0.25) is 4.84 Å². The molecule has 0 radical (unpaired) electrons. The SMILES string of the molecule is O=C1N=C(N(OCCc2cnc(Cl)c(Cl)c2)c2ccccc2)CO1. The number of aliphatic imine (C=N–C) groups is 1. The standard InChI is InChI=1S/C16H13Cl2N3O3/c17-13-8-11(9-19-15(13)18)6-7-24-21(12-4-2-1-3-5-12)14-10-23-16(22)20-14/h1-5,8-9H,6-7,10H2. The van der Waals surface area contributed by atoms with E-state index in [4.69, 9.17) is 32.8 Å². The van der Waals surface area contributed by atoms with Crippen molar-refractivity contribution in [2.75, 3.05) is 18.3 Å². The van der Waals surface area contributed by atoms with Crippen molar-refractivity contribution in [2.24, 2.45) is 4.99 Å². The molecule has 6 nitrogen and oxygen atoms in total. The maximum Gasteiger partial charge on any atom is 0.435 e. The van der Waals surface area contributed by atoms with Gasteiger partial charge in [0.05, 0.1) is 17.3 Å². The fraction of sp³-hybridized carbons (Fsp3) is 0.188. The van der Waals surface area contributed by atoms with E-state index in [2.05, 4.69) is 9.98 Å². The molecule has 1 amide bonds. The molecule has 0 aliphatic carbocycles. The molecule has 0 unspecified atom stereocenters. The average molecular weight is 366 g/mol. The molecule has 3 rings (SSSR count). The lowest BCUT2D eigenvalue weighted by atomic mass is 10.2. The maximum absolute atomic E-state index is 11.2. The van der Waals surface area contributed by atoms with E-state index >= 15 is 0 Å². The van der Waals surface area contributed by atoms with E-state index in [1.165, 1.54) is 5.06 Å². The number of amidine groups is 1. The van der Waals surface area contributed by atoms with E-state index in [0.717, 1.165) is 11.3 Å². The summed E-state index contributed by atoms with van der Waals surface area (Å²) in [6, 6.07) is 11.1. The number of ether oxygens (including phenoxy) is 1. The van der Waals surface area contributed by atoms with Crippen LogP contribution in [0.25, 0.3) is 0 Å². The van der Waals surface area contributed by atoms with Crippen molar-refractivity contribution in [3.8, 4) is 0 Å². The molecular formula is C16H13Cl2N3O3. The minimum Gasteiger partial charge on any atom is -0.440 e. The van der Waals surface area contributed by atoms with E-state index in [1.807, 2.05) is 30.3 Å². The first-order valence-electron chi connectivity index (χ1n) is 7.16. The molecule has 0 spiro atoms. The van der Waals surface area contributed by atoms with Crippen molar-refractivity contribution in [1.82, 2.24) is 4.98 Å². The molecule has 1 aliphatic heterocycles. The van der Waals surface area contributed by atoms with Crippen LogP contribution in [0.3, 0.4) is 0 Å². The number of para-hydroxylation sites is 1. The number of cyclic esters (lactones) is 1. The van der Waals surface area contributed by atoms with Crippen LogP contribution in [0.4, 0.5) is 10.5 Å². The molecular weight excluding hydrogens is 353 g/mol. The van der Waals surface area contributed by atoms with Gasteiger partial charge in [0.2, 0.25) is 0 Å². The average Bonchev–Trinajstić information content (AvgIpc) is 3.02. The van der Waals surface area contributed by atoms with Gasteiger partial charge in [-0.2, -0.15) is 4.99 Å². The third-order valence-electron chi connectivity index (χ3n) is 3.23. The molecule has 0 N–H and O–H groups in total. The van der Waals surface area contributed by atoms with Crippen LogP contribution < -0.4 is 5.06 Å². The second kappa shape index (κ2) is 7.61. The van der Waals surface area contributed by atoms with Crippen molar-refractivity contribution in [3.05, 3.63) is 58.3 Å². The molecule has 124 valence electrons. The highest BCUT2D eigenvalue weighted by atomic mass is 35.5. The molecule has 2 heterocycles. The lowest BCUT2D eigenvalue weighted by molar-refractivity contribution is 0.142. The highest BCUT2D eigenvalue weighted by molar-refractivity contribution is 6.41. The van der Waals surface area contributed by atoms with Crippen molar-refractivity contribution >= 4 is 40.8 Å². The van der Waals surface area contributed by atoms with E-state index in [1.54, 1.807) is 12.3 Å². The third-order valence-corrected chi connectivity index (χ3v) is 3.92. The number of amides is 1. The molecule has 0 fully saturated rings. The summed E-state index contributed by atoms with van der Waals surface area (Å²) in [5.74, 6) is 0.401. The molecule has 24 heavy (non-hydrogen) atoms. The number of aromatic nitrogens is 1. The van der Waals surface area contributed by atoms with Gasteiger partial charge in [-0.15, -0.1) is 0 Å². The first-order chi connectivity index (χ1) is 11.6. The first-order valence-corrected chi connectivity index (χ1v) is 7.91. The van der Waals surface area contributed by atoms with E-state index < -0.39 is 6.09 Å². The largest absolute Gasteiger partial charge is 0.440 e. The van der Waals surface area contributed by atoms with Gasteiger partial charge in [0.15, 0.2) is 12.4 Å². The summed E-state index contributed by atoms with van der Waals surface area (Å²) in [6.45, 7) is 0.407. The van der Waals surface area contributed by atoms with Crippen molar-refractivity contribution in [2.45, 2.75) is 6.42 Å². The number of hydroxylamine groups is 1. The summed E-state index contributed by atoms with van der Waals surface area (Å²) < 4.78 is 4.86. The van der Waals surface area contributed by atoms with Crippen molar-refractivity contribution < 1.29 is 14.4 Å². The van der Waals surface area contributed by atoms with Crippen LogP contribution in [0, 0.1) is 0 Å². The molecule has 1 aliphatic rings. The second-order valence-corrected chi connectivity index (χ2v) is 5.68. The molecule has 0 saturated carbocycles. The smallest absolute Gasteiger partial charge is 0.435 e. The second-order valence-electron chi connectivity index (χ2n) is 4.91. The maximum atomic E-state index is 11.2. The minimum atomic E-state index is -0.622. The minimum absolute atomic E-state index is 0.0715. The fourth-order valence-corrected chi connectivity index (χ4v) is 2.41. The monoisotopic (exact) mass is 365 g/mol. The third kappa shape index (κ3) is 4.03. The summed E-state index contributed by atoms with van der Waals surface area (Å²) >= 11 is 11.8. The summed E-state index contributed by atoms with van der Waals surface area (Å²) in [6.07, 6.45) is 1.59. The van der Waals surface area contributed by atoms with Crippen LogP contribution >= 0.6 is 23.2 Å². The van der Waals surface area contributed by atoms with Gasteiger partial charge in [-0.05, 0) is 30.2 Å². The number of benzene rings is 1. The van der Waals surface area contributed by atoms with Crippen LogP contribution in [0.2, 0.25) is 10.2 Å². The Hall–Kier alpha value is -2.15. The predicted octanol–water partition coefficient (Wildman–Crippen LogP) is 3.92. The number of hydrogen-bond donors (Lipinski definition) is 0. The van der Waals surface area contributed by atoms with E-state index in [0.29, 0.717) is 23.9 Å². The van der Waals surface area contributed by atoms with Crippen LogP contribution in [0.15, 0.2) is 47.6 Å². The molecule has 0 saturated heterocycles. The van der Waals surface area contributed by atoms with Crippen molar-refractivity contribution in [1.29, 1.82) is 0 Å². The Bertz CT molecular complexity index is 768. The first kappa shape index (κ1) is 16.7. The number of nitrogens with zero attached hydrogens (tertiary/aromatic N) is 3. The quantitative estimate of drug-likeness (QED) is 0.593. The highest BCUT2D eigenvalue weighted by Crippen LogP contribution is 2.21. The van der Waals surface area contributed by atoms with Gasteiger partial charge in [0, 0.05) is 6.20 Å². The zero-order valence-corrected chi connectivity index (χ0v) is 14.0. The number of halogens is 2. The lowest BCUT2D eigenvalue weighted by Gasteiger charge is -2.22. The zero-order valence-electron chi connectivity index (χ0n) is 12.5. The Morgan fingerprint density at radius 2 is 2.04 bits per heavy atom. The molecule has 0 bridgehead atoms. The number of anilines is 1. The Labute approximate surface area is 148 Å². The predicted molar refractivity (Wildman–Crippen MR) is 91.6 cm³/mol. The fourth-order valence-electron chi connectivity index (χ4n) is 2.11. The Morgan fingerprint density at radius 1 is 1.25 bits per heavy atom. The number of carbonyl (C=O) groups excluding carboxylic acids is 1. The van der Waals surface area contributed by atoms with Crippen LogP contribution in [-0.2, 0) is 16.0 Å². The van der Waals surface area contributed by atoms with Gasteiger partial charge in [0.1, 0.15) is 5.15 Å². The topological polar surface area (TPSA) is 64.0 Å². The van der Waals surface area contributed by atoms with E-state index in [9.17, 15) is 4.79 Å². The van der Waals surface area contributed by atoms with Crippen LogP contribution in [0.5, 0.6) is 0 Å². The Kier molecular flexibility index (Phi) is 5.30.